The third-order valence-electron chi connectivity index (χ3n) is 2.03. The number of rotatable bonds is 3. The van der Waals surface area contributed by atoms with Gasteiger partial charge in [0.2, 0.25) is 10.1 Å². The van der Waals surface area contributed by atoms with Gasteiger partial charge in [0.15, 0.2) is 0 Å². The van der Waals surface area contributed by atoms with E-state index in [9.17, 15) is 13.2 Å². The van der Waals surface area contributed by atoms with Crippen molar-refractivity contribution < 1.29 is 13.2 Å². The van der Waals surface area contributed by atoms with Crippen LogP contribution in [0, 0.1) is 0 Å². The van der Waals surface area contributed by atoms with Crippen molar-refractivity contribution in [3.05, 3.63) is 34.8 Å². The summed E-state index contributed by atoms with van der Waals surface area (Å²) in [5, 5.41) is 8.39. The van der Waals surface area contributed by atoms with Crippen molar-refractivity contribution in [1.29, 1.82) is 0 Å². The van der Waals surface area contributed by atoms with Gasteiger partial charge in [-0.2, -0.15) is 13.2 Å². The summed E-state index contributed by atoms with van der Waals surface area (Å²) in [5.74, 6) is 0.386. The Morgan fingerprint density at radius 1 is 1.17 bits per heavy atom. The second-order valence-corrected chi connectivity index (χ2v) is 4.61. The molecule has 0 spiro atoms. The number of hydrogen-bond acceptors (Lipinski definition) is 4. The lowest BCUT2D eigenvalue weighted by Gasteiger charge is -2.02. The van der Waals surface area contributed by atoms with E-state index < -0.39 is 11.2 Å². The summed E-state index contributed by atoms with van der Waals surface area (Å²) in [6, 6.07) is 6.99. The maximum atomic E-state index is 12.3. The van der Waals surface area contributed by atoms with Gasteiger partial charge < -0.3 is 5.32 Å². The third-order valence-corrected chi connectivity index (χ3v) is 3.22. The molecule has 2 rings (SSSR count). The number of benzene rings is 1. The van der Waals surface area contributed by atoms with E-state index in [4.69, 9.17) is 11.6 Å². The number of halogens is 4. The van der Waals surface area contributed by atoms with Crippen molar-refractivity contribution in [2.75, 3.05) is 5.32 Å². The molecule has 18 heavy (non-hydrogen) atoms. The molecule has 0 bridgehead atoms. The van der Waals surface area contributed by atoms with E-state index in [-0.39, 0.29) is 5.13 Å². The molecule has 0 saturated heterocycles. The Morgan fingerprint density at radius 2 is 1.83 bits per heavy atom. The van der Waals surface area contributed by atoms with Crippen molar-refractivity contribution in [3.63, 3.8) is 0 Å². The van der Waals surface area contributed by atoms with E-state index in [0.717, 1.165) is 5.56 Å². The van der Waals surface area contributed by atoms with E-state index in [1.165, 1.54) is 0 Å². The summed E-state index contributed by atoms with van der Waals surface area (Å²) in [5.41, 5.74) is 1.56. The van der Waals surface area contributed by atoms with Gasteiger partial charge in [-0.1, -0.05) is 23.5 Å². The lowest BCUT2D eigenvalue weighted by molar-refractivity contribution is -0.138. The lowest BCUT2D eigenvalue weighted by atomic mass is 10.2. The van der Waals surface area contributed by atoms with Crippen molar-refractivity contribution in [1.82, 2.24) is 10.2 Å². The van der Waals surface area contributed by atoms with Gasteiger partial charge in [-0.3, -0.25) is 0 Å². The summed E-state index contributed by atoms with van der Waals surface area (Å²) in [4.78, 5) is 0. The zero-order valence-corrected chi connectivity index (χ0v) is 10.4. The fourth-order valence-electron chi connectivity index (χ4n) is 1.19. The van der Waals surface area contributed by atoms with E-state index in [2.05, 4.69) is 15.5 Å². The Kier molecular flexibility index (Phi) is 3.72. The van der Waals surface area contributed by atoms with Gasteiger partial charge in [-0.05, 0) is 17.7 Å². The Morgan fingerprint density at radius 3 is 2.33 bits per heavy atom. The van der Waals surface area contributed by atoms with Crippen LogP contribution in [0.25, 0.3) is 0 Å². The summed E-state index contributed by atoms with van der Waals surface area (Å²) in [6.07, 6.45) is -4.46. The number of hydrogen-bond donors (Lipinski definition) is 1. The van der Waals surface area contributed by atoms with Gasteiger partial charge in [0.05, 0.1) is 0 Å². The second-order valence-electron chi connectivity index (χ2n) is 3.37. The number of nitrogens with zero attached hydrogens (tertiary/aromatic N) is 2. The van der Waals surface area contributed by atoms with Crippen LogP contribution in [-0.2, 0) is 12.1 Å². The average Bonchev–Trinajstić information content (AvgIpc) is 2.78. The largest absolute Gasteiger partial charge is 0.445 e. The maximum absolute atomic E-state index is 12.3. The fraction of sp³-hybridized carbons (Fsp3) is 0.200. The molecule has 0 aliphatic rings. The normalized spacial score (nSPS) is 11.6. The molecule has 0 saturated carbocycles. The Bertz CT molecular complexity index is 524. The van der Waals surface area contributed by atoms with Crippen molar-refractivity contribution in [2.45, 2.75) is 12.1 Å². The Hall–Kier alpha value is -1.34. The first kappa shape index (κ1) is 13.1. The van der Waals surface area contributed by atoms with Gasteiger partial charge in [-0.15, -0.1) is 21.8 Å². The van der Waals surface area contributed by atoms with Crippen LogP contribution in [0.5, 0.6) is 0 Å². The SMILES string of the molecule is FC(F)(F)c1nnc(Nc2ccc(CCl)cc2)s1. The molecule has 2 aromatic rings. The Labute approximate surface area is 110 Å². The highest BCUT2D eigenvalue weighted by Crippen LogP contribution is 2.33. The van der Waals surface area contributed by atoms with Crippen molar-refractivity contribution >= 4 is 33.8 Å². The number of aromatic nitrogens is 2. The molecule has 0 radical (unpaired) electrons. The highest BCUT2D eigenvalue weighted by Gasteiger charge is 2.35. The van der Waals surface area contributed by atoms with E-state index in [1.807, 2.05) is 0 Å². The second kappa shape index (κ2) is 5.11. The zero-order valence-electron chi connectivity index (χ0n) is 8.83. The molecular weight excluding hydrogens is 287 g/mol. The van der Waals surface area contributed by atoms with Gasteiger partial charge in [0.25, 0.3) is 0 Å². The maximum Gasteiger partial charge on any atom is 0.445 e. The molecular formula is C10H7ClF3N3S. The zero-order chi connectivity index (χ0) is 13.2. The first-order valence-corrected chi connectivity index (χ1v) is 6.17. The van der Waals surface area contributed by atoms with Crippen LogP contribution in [0.3, 0.4) is 0 Å². The number of alkyl halides is 4. The molecule has 0 unspecified atom stereocenters. The molecule has 1 aromatic carbocycles. The molecule has 0 aliphatic heterocycles. The van der Waals surface area contributed by atoms with Crippen molar-refractivity contribution in [2.24, 2.45) is 0 Å². The first-order chi connectivity index (χ1) is 8.49. The molecule has 3 nitrogen and oxygen atoms in total. The van der Waals surface area contributed by atoms with Crippen LogP contribution in [0.2, 0.25) is 0 Å². The molecule has 1 N–H and O–H groups in total. The van der Waals surface area contributed by atoms with Crippen LogP contribution in [-0.4, -0.2) is 10.2 Å². The molecule has 8 heteroatoms. The van der Waals surface area contributed by atoms with Gasteiger partial charge in [-0.25, -0.2) is 0 Å². The Balaban J connectivity index is 2.11. The topological polar surface area (TPSA) is 37.8 Å². The minimum absolute atomic E-state index is 0.0981. The van der Waals surface area contributed by atoms with E-state index in [1.54, 1.807) is 24.3 Å². The summed E-state index contributed by atoms with van der Waals surface area (Å²) in [6.45, 7) is 0. The predicted molar refractivity (Wildman–Crippen MR) is 64.2 cm³/mol. The highest BCUT2D eigenvalue weighted by molar-refractivity contribution is 7.15. The molecule has 0 amide bonds. The smallest absolute Gasteiger partial charge is 0.330 e. The highest BCUT2D eigenvalue weighted by atomic mass is 35.5. The molecule has 0 aliphatic carbocycles. The van der Waals surface area contributed by atoms with Crippen LogP contribution < -0.4 is 5.32 Å². The minimum Gasteiger partial charge on any atom is -0.330 e. The van der Waals surface area contributed by atoms with Crippen molar-refractivity contribution in [3.8, 4) is 0 Å². The number of nitrogens with one attached hydrogen (secondary N) is 1. The minimum atomic E-state index is -4.46. The third kappa shape index (κ3) is 3.11. The van der Waals surface area contributed by atoms with Gasteiger partial charge >= 0.3 is 6.18 Å². The van der Waals surface area contributed by atoms with Crippen LogP contribution in [0.4, 0.5) is 24.0 Å². The average molecular weight is 294 g/mol. The summed E-state index contributed by atoms with van der Waals surface area (Å²) >= 11 is 6.09. The molecule has 1 aromatic heterocycles. The van der Waals surface area contributed by atoms with Crippen LogP contribution >= 0.6 is 22.9 Å². The quantitative estimate of drug-likeness (QED) is 0.868. The first-order valence-electron chi connectivity index (χ1n) is 4.81. The molecule has 1 heterocycles. The number of anilines is 2. The standard InChI is InChI=1S/C10H7ClF3N3S/c11-5-6-1-3-7(4-2-6)15-9-17-16-8(18-9)10(12,13)14/h1-4H,5H2,(H,15,17). The monoisotopic (exact) mass is 293 g/mol. The molecule has 0 fully saturated rings. The lowest BCUT2D eigenvalue weighted by Crippen LogP contribution is -2.03. The van der Waals surface area contributed by atoms with Crippen LogP contribution in [0.15, 0.2) is 24.3 Å². The predicted octanol–water partition coefficient (Wildman–Crippen LogP) is 4.04. The van der Waals surface area contributed by atoms with E-state index in [0.29, 0.717) is 22.9 Å². The van der Waals surface area contributed by atoms with E-state index >= 15 is 0 Å². The summed E-state index contributed by atoms with van der Waals surface area (Å²) in [7, 11) is 0. The molecule has 96 valence electrons. The summed E-state index contributed by atoms with van der Waals surface area (Å²) < 4.78 is 36.9. The fourth-order valence-corrected chi connectivity index (χ4v) is 2.00. The molecule has 0 atom stereocenters. The van der Waals surface area contributed by atoms with Gasteiger partial charge in [0, 0.05) is 11.6 Å². The van der Waals surface area contributed by atoms with Gasteiger partial charge in [0.1, 0.15) is 0 Å². The van der Waals surface area contributed by atoms with Crippen LogP contribution in [0.1, 0.15) is 10.6 Å².